The molecule has 1 rings (SSSR count). The van der Waals surface area contributed by atoms with Gasteiger partial charge in [0.2, 0.25) is 0 Å². The molecule has 0 amide bonds. The first-order valence-corrected chi connectivity index (χ1v) is 7.41. The van der Waals surface area contributed by atoms with E-state index in [0.29, 0.717) is 18.8 Å². The molecular formula is C16H32O4S2. The van der Waals surface area contributed by atoms with Gasteiger partial charge in [-0.1, -0.05) is 42.9 Å². The molecule has 0 bridgehead atoms. The normalized spacial score (nSPS) is 18.2. The second kappa shape index (κ2) is 15.0. The largest absolute Gasteiger partial charge is 0.461 e. The SMILES string of the molecule is C.C.C.C.C=CC(=O)OCC1CSC(COC(=O)C(=C)C)S1. The zero-order chi connectivity index (χ0) is 13.5. The van der Waals surface area contributed by atoms with Crippen LogP contribution in [0.5, 0.6) is 0 Å². The molecule has 0 N–H and O–H groups in total. The van der Waals surface area contributed by atoms with Crippen molar-refractivity contribution in [3.8, 4) is 0 Å². The topological polar surface area (TPSA) is 52.6 Å². The number of carbonyl (C=O) groups is 2. The predicted octanol–water partition coefficient (Wildman–Crippen LogP) is 4.55. The zero-order valence-corrected chi connectivity index (χ0v) is 11.9. The van der Waals surface area contributed by atoms with E-state index in [1.165, 1.54) is 0 Å². The van der Waals surface area contributed by atoms with Crippen molar-refractivity contribution in [2.24, 2.45) is 0 Å². The maximum Gasteiger partial charge on any atom is 0.333 e. The summed E-state index contributed by atoms with van der Waals surface area (Å²) < 4.78 is 10.2. The maximum absolute atomic E-state index is 11.2. The molecule has 22 heavy (non-hydrogen) atoms. The number of hydrogen-bond donors (Lipinski definition) is 0. The van der Waals surface area contributed by atoms with Gasteiger partial charge in [-0.15, -0.1) is 23.5 Å². The Morgan fingerprint density at radius 1 is 1.18 bits per heavy atom. The van der Waals surface area contributed by atoms with Crippen LogP contribution in [-0.2, 0) is 19.1 Å². The van der Waals surface area contributed by atoms with Gasteiger partial charge in [-0.3, -0.25) is 0 Å². The van der Waals surface area contributed by atoms with E-state index >= 15 is 0 Å². The number of thioether (sulfide) groups is 2. The second-order valence-electron chi connectivity index (χ2n) is 3.73. The van der Waals surface area contributed by atoms with Gasteiger partial charge in [-0.05, 0) is 6.92 Å². The summed E-state index contributed by atoms with van der Waals surface area (Å²) in [6.45, 7) is 9.19. The van der Waals surface area contributed by atoms with Crippen molar-refractivity contribution in [2.75, 3.05) is 19.0 Å². The van der Waals surface area contributed by atoms with E-state index in [4.69, 9.17) is 9.47 Å². The Morgan fingerprint density at radius 3 is 2.27 bits per heavy atom. The average molecular weight is 353 g/mol. The lowest BCUT2D eigenvalue weighted by Gasteiger charge is -2.11. The Labute approximate surface area is 145 Å². The van der Waals surface area contributed by atoms with Gasteiger partial charge in [0.05, 0.1) is 4.58 Å². The molecule has 2 unspecified atom stereocenters. The highest BCUT2D eigenvalue weighted by molar-refractivity contribution is 8.20. The van der Waals surface area contributed by atoms with Crippen molar-refractivity contribution in [3.63, 3.8) is 0 Å². The molecule has 0 aliphatic carbocycles. The number of esters is 2. The van der Waals surface area contributed by atoms with Crippen LogP contribution in [0.3, 0.4) is 0 Å². The number of rotatable bonds is 6. The Kier molecular flexibility index (Phi) is 19.9. The molecule has 1 saturated heterocycles. The van der Waals surface area contributed by atoms with Gasteiger partial charge < -0.3 is 9.47 Å². The van der Waals surface area contributed by atoms with Gasteiger partial charge in [0.15, 0.2) is 0 Å². The summed E-state index contributed by atoms with van der Waals surface area (Å²) in [5.41, 5.74) is 0.402. The molecule has 132 valence electrons. The Bertz CT molecular complexity index is 356. The minimum Gasteiger partial charge on any atom is -0.461 e. The Morgan fingerprint density at radius 2 is 1.77 bits per heavy atom. The van der Waals surface area contributed by atoms with Gasteiger partial charge in [0, 0.05) is 22.7 Å². The third kappa shape index (κ3) is 10.8. The Balaban J connectivity index is -0.000000405. The third-order valence-electron chi connectivity index (χ3n) is 2.09. The number of hydrogen-bond acceptors (Lipinski definition) is 6. The van der Waals surface area contributed by atoms with Gasteiger partial charge in [-0.25, -0.2) is 9.59 Å². The van der Waals surface area contributed by atoms with Crippen LogP contribution in [0.4, 0.5) is 0 Å². The molecular weight excluding hydrogens is 320 g/mol. The summed E-state index contributed by atoms with van der Waals surface area (Å²) in [4.78, 5) is 22.1. The molecule has 1 heterocycles. The number of ether oxygens (including phenoxy) is 2. The van der Waals surface area contributed by atoms with E-state index in [2.05, 4.69) is 13.2 Å². The molecule has 6 heteroatoms. The molecule has 0 saturated carbocycles. The van der Waals surface area contributed by atoms with Gasteiger partial charge in [0.25, 0.3) is 0 Å². The van der Waals surface area contributed by atoms with Crippen molar-refractivity contribution in [1.82, 2.24) is 0 Å². The standard InChI is InChI=1S/C12H16O4S2.4CH4/c1-4-10(13)15-5-9-7-17-11(18-9)6-16-12(14)8(2)3;;;;/h4,9,11H,1-2,5-7H2,3H3;4*1H4. The highest BCUT2D eigenvalue weighted by Crippen LogP contribution is 2.38. The van der Waals surface area contributed by atoms with Crippen LogP contribution in [0.25, 0.3) is 0 Å². The predicted molar refractivity (Wildman–Crippen MR) is 101 cm³/mol. The summed E-state index contributed by atoms with van der Waals surface area (Å²) in [7, 11) is 0. The van der Waals surface area contributed by atoms with E-state index in [-0.39, 0.29) is 45.5 Å². The van der Waals surface area contributed by atoms with Crippen LogP contribution in [-0.4, -0.2) is 40.7 Å². The van der Waals surface area contributed by atoms with Crippen LogP contribution < -0.4 is 0 Å². The smallest absolute Gasteiger partial charge is 0.333 e. The van der Waals surface area contributed by atoms with Crippen molar-refractivity contribution in [3.05, 3.63) is 24.8 Å². The van der Waals surface area contributed by atoms with Crippen LogP contribution in [0, 0.1) is 0 Å². The van der Waals surface area contributed by atoms with Crippen LogP contribution in [0.15, 0.2) is 24.8 Å². The maximum atomic E-state index is 11.2. The van der Waals surface area contributed by atoms with Gasteiger partial charge in [0.1, 0.15) is 13.2 Å². The fourth-order valence-corrected chi connectivity index (χ4v) is 4.17. The lowest BCUT2D eigenvalue weighted by molar-refractivity contribution is -0.138. The van der Waals surface area contributed by atoms with E-state index in [9.17, 15) is 9.59 Å². The summed E-state index contributed by atoms with van der Waals surface area (Å²) in [5.74, 6) is 0.111. The lowest BCUT2D eigenvalue weighted by Crippen LogP contribution is -2.16. The first kappa shape index (κ1) is 29.2. The van der Waals surface area contributed by atoms with Crippen LogP contribution >= 0.6 is 23.5 Å². The fourth-order valence-electron chi connectivity index (χ4n) is 1.18. The van der Waals surface area contributed by atoms with E-state index in [0.717, 1.165) is 11.8 Å². The molecule has 0 spiro atoms. The average Bonchev–Trinajstić information content (AvgIpc) is 2.80. The summed E-state index contributed by atoms with van der Waals surface area (Å²) in [6.07, 6.45) is 1.15. The summed E-state index contributed by atoms with van der Waals surface area (Å²) >= 11 is 3.36. The van der Waals surface area contributed by atoms with E-state index < -0.39 is 5.97 Å². The monoisotopic (exact) mass is 352 g/mol. The quantitative estimate of drug-likeness (QED) is 0.516. The van der Waals surface area contributed by atoms with E-state index in [1.54, 1.807) is 30.4 Å². The summed E-state index contributed by atoms with van der Waals surface area (Å²) in [5, 5.41) is 0.243. The van der Waals surface area contributed by atoms with Crippen LogP contribution in [0.1, 0.15) is 36.6 Å². The van der Waals surface area contributed by atoms with E-state index in [1.807, 2.05) is 0 Å². The van der Waals surface area contributed by atoms with Crippen LogP contribution in [0.2, 0.25) is 0 Å². The third-order valence-corrected chi connectivity index (χ3v) is 5.27. The second-order valence-corrected chi connectivity index (χ2v) is 6.78. The minimum atomic E-state index is -0.405. The summed E-state index contributed by atoms with van der Waals surface area (Å²) in [6, 6.07) is 0. The highest BCUT2D eigenvalue weighted by Gasteiger charge is 2.27. The minimum absolute atomic E-state index is 0. The Hall–Kier alpha value is -0.880. The molecule has 0 aromatic carbocycles. The lowest BCUT2D eigenvalue weighted by atomic mass is 10.4. The van der Waals surface area contributed by atoms with Crippen molar-refractivity contribution < 1.29 is 19.1 Å². The molecule has 0 aromatic heterocycles. The molecule has 1 aliphatic rings. The first-order chi connectivity index (χ1) is 8.52. The van der Waals surface area contributed by atoms with Crippen molar-refractivity contribution >= 4 is 35.5 Å². The fraction of sp³-hybridized carbons (Fsp3) is 0.625. The zero-order valence-electron chi connectivity index (χ0n) is 10.2. The molecule has 0 radical (unpaired) electrons. The molecule has 2 atom stereocenters. The molecule has 1 fully saturated rings. The molecule has 1 aliphatic heterocycles. The number of carbonyl (C=O) groups excluding carboxylic acids is 2. The van der Waals surface area contributed by atoms with Crippen molar-refractivity contribution in [2.45, 2.75) is 46.5 Å². The van der Waals surface area contributed by atoms with Gasteiger partial charge >= 0.3 is 11.9 Å². The van der Waals surface area contributed by atoms with Gasteiger partial charge in [-0.2, -0.15) is 0 Å². The van der Waals surface area contributed by atoms with Crippen molar-refractivity contribution in [1.29, 1.82) is 0 Å². The molecule has 0 aromatic rings. The molecule has 4 nitrogen and oxygen atoms in total. The first-order valence-electron chi connectivity index (χ1n) is 5.41. The highest BCUT2D eigenvalue weighted by atomic mass is 32.2.